The minimum atomic E-state index is 0.846. The average Bonchev–Trinajstić information content (AvgIpc) is 3.11. The Hall–Kier alpha value is -2.27. The fraction of sp³-hybridized carbons (Fsp3) is 0.176. The molecule has 0 saturated heterocycles. The predicted octanol–water partition coefficient (Wildman–Crippen LogP) is 4.12. The van der Waals surface area contributed by atoms with Gasteiger partial charge in [0.05, 0.1) is 11.0 Å². The molecule has 1 aromatic carbocycles. The molecule has 4 rings (SSSR count). The molecule has 0 radical (unpaired) electrons. The zero-order valence-electron chi connectivity index (χ0n) is 12.5. The van der Waals surface area contributed by atoms with Crippen molar-refractivity contribution < 1.29 is 0 Å². The summed E-state index contributed by atoms with van der Waals surface area (Å²) in [5.74, 6) is 0.846. The van der Waals surface area contributed by atoms with Crippen LogP contribution in [0.25, 0.3) is 16.7 Å². The van der Waals surface area contributed by atoms with Crippen LogP contribution in [0.2, 0.25) is 0 Å². The van der Waals surface area contributed by atoms with Crippen molar-refractivity contribution in [1.82, 2.24) is 19.4 Å². The molecule has 3 aromatic heterocycles. The summed E-state index contributed by atoms with van der Waals surface area (Å²) in [6, 6.07) is 8.49. The molecule has 0 aliphatic rings. The third kappa shape index (κ3) is 2.27. The first kappa shape index (κ1) is 13.4. The second kappa shape index (κ2) is 5.18. The molecular formula is C17H16N4S. The number of hydrogen-bond acceptors (Lipinski definition) is 3. The van der Waals surface area contributed by atoms with Gasteiger partial charge in [-0.3, -0.25) is 0 Å². The number of H-pyrrole nitrogens is 1. The number of hydrogen-bond donors (Lipinski definition) is 1. The van der Waals surface area contributed by atoms with Crippen molar-refractivity contribution >= 4 is 28.4 Å². The number of aryl methyl sites for hydroxylation is 2. The van der Waals surface area contributed by atoms with Gasteiger partial charge in [0.25, 0.3) is 0 Å². The van der Waals surface area contributed by atoms with Gasteiger partial charge in [-0.2, -0.15) is 0 Å². The third-order valence-electron chi connectivity index (χ3n) is 3.76. The SMILES string of the molecule is Cc1cc(C)c2nc(SCc3cccn4ccnc34)[nH]c2c1. The maximum absolute atomic E-state index is 4.72. The van der Waals surface area contributed by atoms with Gasteiger partial charge in [-0.25, -0.2) is 9.97 Å². The quantitative estimate of drug-likeness (QED) is 0.579. The molecule has 0 aliphatic heterocycles. The van der Waals surface area contributed by atoms with E-state index >= 15 is 0 Å². The summed E-state index contributed by atoms with van der Waals surface area (Å²) < 4.78 is 2.04. The van der Waals surface area contributed by atoms with E-state index in [1.807, 2.05) is 23.0 Å². The summed E-state index contributed by atoms with van der Waals surface area (Å²) in [4.78, 5) is 12.5. The molecule has 5 heteroatoms. The number of fused-ring (bicyclic) bond motifs is 2. The summed E-state index contributed by atoms with van der Waals surface area (Å²) in [5, 5.41) is 0.956. The highest BCUT2D eigenvalue weighted by molar-refractivity contribution is 7.98. The lowest BCUT2D eigenvalue weighted by Gasteiger charge is -2.01. The van der Waals surface area contributed by atoms with E-state index in [0.29, 0.717) is 0 Å². The maximum atomic E-state index is 4.72. The Morgan fingerprint density at radius 3 is 3.05 bits per heavy atom. The lowest BCUT2D eigenvalue weighted by Crippen LogP contribution is -1.90. The minimum absolute atomic E-state index is 0.846. The van der Waals surface area contributed by atoms with Gasteiger partial charge in [0.1, 0.15) is 5.65 Å². The molecule has 1 N–H and O–H groups in total. The molecule has 0 spiro atoms. The number of nitrogens with zero attached hydrogens (tertiary/aromatic N) is 3. The van der Waals surface area contributed by atoms with Crippen molar-refractivity contribution in [3.63, 3.8) is 0 Å². The van der Waals surface area contributed by atoms with Crippen molar-refractivity contribution in [2.24, 2.45) is 0 Å². The fourth-order valence-electron chi connectivity index (χ4n) is 2.78. The van der Waals surface area contributed by atoms with Crippen molar-refractivity contribution in [3.05, 3.63) is 59.5 Å². The van der Waals surface area contributed by atoms with Crippen molar-refractivity contribution in [2.45, 2.75) is 24.8 Å². The fourth-order valence-corrected chi connectivity index (χ4v) is 3.64. The first-order chi connectivity index (χ1) is 10.7. The van der Waals surface area contributed by atoms with Crippen LogP contribution in [0, 0.1) is 13.8 Å². The van der Waals surface area contributed by atoms with Gasteiger partial charge < -0.3 is 9.38 Å². The largest absolute Gasteiger partial charge is 0.333 e. The van der Waals surface area contributed by atoms with Crippen LogP contribution in [0.15, 0.2) is 48.0 Å². The molecule has 3 heterocycles. The van der Waals surface area contributed by atoms with Crippen LogP contribution in [0.3, 0.4) is 0 Å². The van der Waals surface area contributed by atoms with Crippen LogP contribution in [0.5, 0.6) is 0 Å². The summed E-state index contributed by atoms with van der Waals surface area (Å²) in [6.45, 7) is 4.22. The van der Waals surface area contributed by atoms with Crippen molar-refractivity contribution in [3.8, 4) is 0 Å². The Labute approximate surface area is 132 Å². The molecular weight excluding hydrogens is 292 g/mol. The lowest BCUT2D eigenvalue weighted by atomic mass is 10.1. The summed E-state index contributed by atoms with van der Waals surface area (Å²) in [5.41, 5.74) is 6.87. The molecule has 0 unspecified atom stereocenters. The minimum Gasteiger partial charge on any atom is -0.333 e. The van der Waals surface area contributed by atoms with Gasteiger partial charge in [0.2, 0.25) is 0 Å². The standard InChI is InChI=1S/C17H16N4S/c1-11-8-12(2)15-14(9-11)19-17(20-15)22-10-13-4-3-6-21-7-5-18-16(13)21/h3-9H,10H2,1-2H3,(H,19,20). The van der Waals surface area contributed by atoms with E-state index in [9.17, 15) is 0 Å². The lowest BCUT2D eigenvalue weighted by molar-refractivity contribution is 1.07. The van der Waals surface area contributed by atoms with E-state index in [1.165, 1.54) is 16.7 Å². The van der Waals surface area contributed by atoms with Gasteiger partial charge in [0, 0.05) is 29.9 Å². The van der Waals surface area contributed by atoms with Crippen LogP contribution in [0.4, 0.5) is 0 Å². The third-order valence-corrected chi connectivity index (χ3v) is 4.69. The Morgan fingerprint density at radius 1 is 1.23 bits per heavy atom. The molecule has 22 heavy (non-hydrogen) atoms. The Balaban J connectivity index is 1.64. The summed E-state index contributed by atoms with van der Waals surface area (Å²) in [6.07, 6.45) is 5.82. The number of nitrogens with one attached hydrogen (secondary N) is 1. The summed E-state index contributed by atoms with van der Waals surface area (Å²) >= 11 is 1.71. The number of rotatable bonds is 3. The number of pyridine rings is 1. The maximum Gasteiger partial charge on any atom is 0.166 e. The number of imidazole rings is 2. The van der Waals surface area contributed by atoms with Crippen molar-refractivity contribution in [2.75, 3.05) is 0 Å². The van der Waals surface area contributed by atoms with Gasteiger partial charge in [0.15, 0.2) is 5.16 Å². The van der Waals surface area contributed by atoms with Gasteiger partial charge in [-0.15, -0.1) is 0 Å². The zero-order valence-corrected chi connectivity index (χ0v) is 13.3. The monoisotopic (exact) mass is 308 g/mol. The number of aromatic nitrogens is 4. The second-order valence-corrected chi connectivity index (χ2v) is 6.46. The molecule has 0 fully saturated rings. The molecule has 0 aliphatic carbocycles. The number of benzene rings is 1. The Morgan fingerprint density at radius 2 is 2.14 bits per heavy atom. The highest BCUT2D eigenvalue weighted by Crippen LogP contribution is 2.26. The highest BCUT2D eigenvalue weighted by Gasteiger charge is 2.08. The second-order valence-electron chi connectivity index (χ2n) is 5.50. The van der Waals surface area contributed by atoms with E-state index in [0.717, 1.165) is 27.6 Å². The van der Waals surface area contributed by atoms with Crippen LogP contribution in [-0.2, 0) is 5.75 Å². The van der Waals surface area contributed by atoms with Crippen LogP contribution in [0.1, 0.15) is 16.7 Å². The van der Waals surface area contributed by atoms with Crippen LogP contribution >= 0.6 is 11.8 Å². The first-order valence-corrected chi connectivity index (χ1v) is 8.19. The smallest absolute Gasteiger partial charge is 0.166 e. The topological polar surface area (TPSA) is 46.0 Å². The number of thioether (sulfide) groups is 1. The Kier molecular flexibility index (Phi) is 3.15. The van der Waals surface area contributed by atoms with E-state index < -0.39 is 0 Å². The van der Waals surface area contributed by atoms with Gasteiger partial charge >= 0.3 is 0 Å². The van der Waals surface area contributed by atoms with Gasteiger partial charge in [-0.05, 0) is 37.1 Å². The van der Waals surface area contributed by atoms with Crippen LogP contribution < -0.4 is 0 Å². The predicted molar refractivity (Wildman–Crippen MR) is 90.3 cm³/mol. The first-order valence-electron chi connectivity index (χ1n) is 7.21. The van der Waals surface area contributed by atoms with E-state index in [1.54, 1.807) is 11.8 Å². The molecule has 4 aromatic rings. The summed E-state index contributed by atoms with van der Waals surface area (Å²) in [7, 11) is 0. The molecule has 0 saturated carbocycles. The Bertz CT molecular complexity index is 967. The molecule has 0 bridgehead atoms. The molecule has 0 atom stereocenters. The van der Waals surface area contributed by atoms with E-state index in [-0.39, 0.29) is 0 Å². The average molecular weight is 308 g/mol. The van der Waals surface area contributed by atoms with Crippen molar-refractivity contribution in [1.29, 1.82) is 0 Å². The zero-order chi connectivity index (χ0) is 15.1. The molecule has 110 valence electrons. The van der Waals surface area contributed by atoms with E-state index in [2.05, 4.69) is 48.1 Å². The van der Waals surface area contributed by atoms with E-state index in [4.69, 9.17) is 4.98 Å². The van der Waals surface area contributed by atoms with Crippen LogP contribution in [-0.4, -0.2) is 19.4 Å². The normalized spacial score (nSPS) is 11.5. The number of aromatic amines is 1. The molecule has 4 nitrogen and oxygen atoms in total. The van der Waals surface area contributed by atoms with Gasteiger partial charge in [-0.1, -0.05) is 23.9 Å². The highest BCUT2D eigenvalue weighted by atomic mass is 32.2. The molecule has 0 amide bonds.